The van der Waals surface area contributed by atoms with Crippen molar-refractivity contribution >= 4 is 22.7 Å². The SMILES string of the molecule is COC(=O)c1nn(-c2ncnc3c2cnn3C)cc1N. The van der Waals surface area contributed by atoms with Crippen LogP contribution in [-0.2, 0) is 11.8 Å². The van der Waals surface area contributed by atoms with Gasteiger partial charge >= 0.3 is 5.97 Å². The second-order valence-corrected chi connectivity index (χ2v) is 4.07. The molecule has 0 aliphatic carbocycles. The third-order valence-corrected chi connectivity index (χ3v) is 2.85. The molecule has 20 heavy (non-hydrogen) atoms. The van der Waals surface area contributed by atoms with E-state index in [1.54, 1.807) is 17.9 Å². The molecular weight excluding hydrogens is 262 g/mol. The number of fused-ring (bicyclic) bond motifs is 1. The van der Waals surface area contributed by atoms with Gasteiger partial charge in [0, 0.05) is 7.05 Å². The molecule has 0 aliphatic rings. The Bertz CT molecular complexity index is 804. The number of nitrogens with zero attached hydrogens (tertiary/aromatic N) is 6. The third-order valence-electron chi connectivity index (χ3n) is 2.85. The van der Waals surface area contributed by atoms with Crippen LogP contribution in [0.2, 0.25) is 0 Å². The number of aryl methyl sites for hydroxylation is 1. The first-order chi connectivity index (χ1) is 9.61. The molecule has 0 fully saturated rings. The van der Waals surface area contributed by atoms with Crippen molar-refractivity contribution in [2.45, 2.75) is 0 Å². The summed E-state index contributed by atoms with van der Waals surface area (Å²) in [7, 11) is 3.04. The van der Waals surface area contributed by atoms with Crippen LogP contribution >= 0.6 is 0 Å². The molecule has 0 atom stereocenters. The van der Waals surface area contributed by atoms with Gasteiger partial charge in [0.2, 0.25) is 0 Å². The van der Waals surface area contributed by atoms with E-state index >= 15 is 0 Å². The van der Waals surface area contributed by atoms with Crippen LogP contribution in [-0.4, -0.2) is 42.6 Å². The van der Waals surface area contributed by atoms with E-state index in [4.69, 9.17) is 5.73 Å². The molecule has 2 N–H and O–H groups in total. The van der Waals surface area contributed by atoms with Crippen molar-refractivity contribution in [2.75, 3.05) is 12.8 Å². The van der Waals surface area contributed by atoms with Gasteiger partial charge in [-0.1, -0.05) is 0 Å². The zero-order valence-corrected chi connectivity index (χ0v) is 10.8. The van der Waals surface area contributed by atoms with E-state index < -0.39 is 5.97 Å². The molecule has 0 saturated heterocycles. The van der Waals surface area contributed by atoms with Crippen LogP contribution in [0.5, 0.6) is 0 Å². The summed E-state index contributed by atoms with van der Waals surface area (Å²) in [6.45, 7) is 0. The van der Waals surface area contributed by atoms with Crippen LogP contribution in [0, 0.1) is 0 Å². The topological polar surface area (TPSA) is 114 Å². The molecule has 9 heteroatoms. The highest BCUT2D eigenvalue weighted by Gasteiger charge is 2.18. The molecule has 0 saturated carbocycles. The lowest BCUT2D eigenvalue weighted by molar-refractivity contribution is 0.0594. The molecule has 0 bridgehead atoms. The Morgan fingerprint density at radius 2 is 2.20 bits per heavy atom. The van der Waals surface area contributed by atoms with Crippen LogP contribution in [0.3, 0.4) is 0 Å². The fourth-order valence-corrected chi connectivity index (χ4v) is 1.88. The standard InChI is InChI=1S/C11H11N7O2/c1-17-9-6(3-15-17)10(14-5-13-9)18-4-7(12)8(16-18)11(19)20-2/h3-5H,12H2,1-2H3. The average Bonchev–Trinajstić information content (AvgIpc) is 3.02. The van der Waals surface area contributed by atoms with Crippen LogP contribution in [0.4, 0.5) is 5.69 Å². The normalized spacial score (nSPS) is 10.9. The lowest BCUT2D eigenvalue weighted by Crippen LogP contribution is -2.06. The number of esters is 1. The molecule has 0 radical (unpaired) electrons. The Morgan fingerprint density at radius 1 is 1.40 bits per heavy atom. The van der Waals surface area contributed by atoms with Gasteiger partial charge in [-0.15, -0.1) is 0 Å². The number of rotatable bonds is 2. The highest BCUT2D eigenvalue weighted by Crippen LogP contribution is 2.19. The van der Waals surface area contributed by atoms with Crippen molar-refractivity contribution in [3.8, 4) is 5.82 Å². The van der Waals surface area contributed by atoms with Crippen molar-refractivity contribution in [1.82, 2.24) is 29.5 Å². The van der Waals surface area contributed by atoms with E-state index in [0.29, 0.717) is 16.9 Å². The predicted molar refractivity (Wildman–Crippen MR) is 69.2 cm³/mol. The maximum atomic E-state index is 11.5. The largest absolute Gasteiger partial charge is 0.464 e. The van der Waals surface area contributed by atoms with Gasteiger partial charge in [0.05, 0.1) is 30.6 Å². The molecule has 0 unspecified atom stereocenters. The summed E-state index contributed by atoms with van der Waals surface area (Å²) >= 11 is 0. The zero-order valence-electron chi connectivity index (χ0n) is 10.8. The molecule has 0 spiro atoms. The van der Waals surface area contributed by atoms with E-state index in [9.17, 15) is 4.79 Å². The van der Waals surface area contributed by atoms with Gasteiger partial charge in [-0.2, -0.15) is 10.2 Å². The summed E-state index contributed by atoms with van der Waals surface area (Å²) in [6, 6.07) is 0. The van der Waals surface area contributed by atoms with Gasteiger partial charge in [0.1, 0.15) is 6.33 Å². The van der Waals surface area contributed by atoms with Gasteiger partial charge in [-0.3, -0.25) is 4.68 Å². The van der Waals surface area contributed by atoms with Gasteiger partial charge in [-0.25, -0.2) is 19.4 Å². The number of hydrogen-bond donors (Lipinski definition) is 1. The van der Waals surface area contributed by atoms with Crippen molar-refractivity contribution in [3.05, 3.63) is 24.4 Å². The predicted octanol–water partition coefficient (Wildman–Crippen LogP) is -0.0822. The lowest BCUT2D eigenvalue weighted by Gasteiger charge is -2.01. The maximum absolute atomic E-state index is 11.5. The first-order valence-electron chi connectivity index (χ1n) is 5.68. The number of hydrogen-bond acceptors (Lipinski definition) is 7. The minimum Gasteiger partial charge on any atom is -0.464 e. The van der Waals surface area contributed by atoms with Gasteiger partial charge in [0.25, 0.3) is 0 Å². The molecule has 0 aromatic carbocycles. The highest BCUT2D eigenvalue weighted by atomic mass is 16.5. The lowest BCUT2D eigenvalue weighted by atomic mass is 10.4. The molecule has 9 nitrogen and oxygen atoms in total. The summed E-state index contributed by atoms with van der Waals surface area (Å²) in [6.07, 6.45) is 4.52. The van der Waals surface area contributed by atoms with Crippen LogP contribution in [0.25, 0.3) is 16.9 Å². The van der Waals surface area contributed by atoms with E-state index in [2.05, 4.69) is 24.9 Å². The fourth-order valence-electron chi connectivity index (χ4n) is 1.88. The number of anilines is 1. The second-order valence-electron chi connectivity index (χ2n) is 4.07. The Kier molecular flexibility index (Phi) is 2.60. The Balaban J connectivity index is 2.19. The number of nitrogen functional groups attached to an aromatic ring is 1. The Morgan fingerprint density at radius 3 is 2.95 bits per heavy atom. The zero-order chi connectivity index (χ0) is 14.3. The Hall–Kier alpha value is -2.97. The summed E-state index contributed by atoms with van der Waals surface area (Å²) in [5.74, 6) is -0.109. The first kappa shape index (κ1) is 12.1. The number of carbonyl (C=O) groups excluding carboxylic acids is 1. The summed E-state index contributed by atoms with van der Waals surface area (Å²) in [5, 5.41) is 8.92. The van der Waals surface area contributed by atoms with Crippen molar-refractivity contribution in [2.24, 2.45) is 7.05 Å². The first-order valence-corrected chi connectivity index (χ1v) is 5.68. The molecular formula is C11H11N7O2. The highest BCUT2D eigenvalue weighted by molar-refractivity contribution is 5.93. The number of aromatic nitrogens is 6. The Labute approximate surface area is 113 Å². The summed E-state index contributed by atoms with van der Waals surface area (Å²) in [4.78, 5) is 19.8. The molecule has 3 heterocycles. The van der Waals surface area contributed by atoms with E-state index in [-0.39, 0.29) is 11.4 Å². The van der Waals surface area contributed by atoms with Gasteiger partial charge < -0.3 is 10.5 Å². The minimum absolute atomic E-state index is 0.0446. The van der Waals surface area contributed by atoms with E-state index in [1.807, 2.05) is 0 Å². The number of nitrogens with two attached hydrogens (primary N) is 1. The molecule has 3 rings (SSSR count). The second kappa shape index (κ2) is 4.30. The average molecular weight is 273 g/mol. The minimum atomic E-state index is -0.599. The monoisotopic (exact) mass is 273 g/mol. The molecule has 0 amide bonds. The van der Waals surface area contributed by atoms with Crippen molar-refractivity contribution in [1.29, 1.82) is 0 Å². The smallest absolute Gasteiger partial charge is 0.360 e. The fraction of sp³-hybridized carbons (Fsp3) is 0.182. The summed E-state index contributed by atoms with van der Waals surface area (Å²) < 4.78 is 7.64. The van der Waals surface area contributed by atoms with Crippen molar-refractivity contribution in [3.63, 3.8) is 0 Å². The molecule has 0 aliphatic heterocycles. The van der Waals surface area contributed by atoms with Crippen LogP contribution in [0.15, 0.2) is 18.7 Å². The van der Waals surface area contributed by atoms with Crippen LogP contribution < -0.4 is 5.73 Å². The molecule has 3 aromatic rings. The number of carbonyl (C=O) groups is 1. The number of ether oxygens (including phenoxy) is 1. The van der Waals surface area contributed by atoms with E-state index in [0.717, 1.165) is 0 Å². The summed E-state index contributed by atoms with van der Waals surface area (Å²) in [5.41, 5.74) is 6.67. The molecule has 3 aromatic heterocycles. The quantitative estimate of drug-likeness (QED) is 0.649. The molecule has 102 valence electrons. The number of methoxy groups -OCH3 is 1. The van der Waals surface area contributed by atoms with E-state index in [1.165, 1.54) is 24.3 Å². The van der Waals surface area contributed by atoms with Crippen molar-refractivity contribution < 1.29 is 9.53 Å². The van der Waals surface area contributed by atoms with Crippen LogP contribution in [0.1, 0.15) is 10.5 Å². The third kappa shape index (κ3) is 1.67. The maximum Gasteiger partial charge on any atom is 0.360 e. The van der Waals surface area contributed by atoms with Gasteiger partial charge in [0.15, 0.2) is 17.2 Å². The van der Waals surface area contributed by atoms with Gasteiger partial charge in [-0.05, 0) is 0 Å².